The van der Waals surface area contributed by atoms with Crippen LogP contribution in [0.25, 0.3) is 17.0 Å². The zero-order valence-corrected chi connectivity index (χ0v) is 15.3. The van der Waals surface area contributed by atoms with Crippen LogP contribution >= 0.6 is 0 Å². The summed E-state index contributed by atoms with van der Waals surface area (Å²) >= 11 is 0. The van der Waals surface area contributed by atoms with Crippen LogP contribution in [-0.2, 0) is 4.79 Å². The fourth-order valence-corrected chi connectivity index (χ4v) is 4.83. The smallest absolute Gasteiger partial charge is 0.244 e. The highest BCUT2D eigenvalue weighted by Crippen LogP contribution is 2.49. The first kappa shape index (κ1) is 17.1. The van der Waals surface area contributed by atoms with Gasteiger partial charge in [0.25, 0.3) is 0 Å². The summed E-state index contributed by atoms with van der Waals surface area (Å²) in [5.74, 6) is 2.09. The third kappa shape index (κ3) is 3.20. The highest BCUT2D eigenvalue weighted by atomic mass is 16.3. The maximum Gasteiger partial charge on any atom is 0.244 e. The van der Waals surface area contributed by atoms with E-state index in [0.29, 0.717) is 22.5 Å². The number of rotatable bonds is 4. The van der Waals surface area contributed by atoms with E-state index >= 15 is 0 Å². The standard InChI is InChI=1S/C22H25NO3/c1-13-3-7-20-19(9-13)22(25)17(12-26-20)6-8-21(24)23-14(2)18-11-15-4-5-16(18)10-15/h3,6-9,12,14-16,18H,4-5,10-11H2,1-2H3,(H,23,24)/b8-6+. The highest BCUT2D eigenvalue weighted by Gasteiger charge is 2.41. The van der Waals surface area contributed by atoms with Gasteiger partial charge < -0.3 is 9.73 Å². The molecule has 4 rings (SSSR count). The van der Waals surface area contributed by atoms with Gasteiger partial charge in [0.1, 0.15) is 11.8 Å². The van der Waals surface area contributed by atoms with E-state index in [2.05, 4.69) is 12.2 Å². The number of amides is 1. The van der Waals surface area contributed by atoms with Crippen LogP contribution in [0.15, 0.2) is 39.7 Å². The number of benzene rings is 1. The summed E-state index contributed by atoms with van der Waals surface area (Å²) in [6, 6.07) is 5.70. The third-order valence-corrected chi connectivity index (χ3v) is 6.17. The molecule has 2 aliphatic carbocycles. The number of nitrogens with one attached hydrogen (secondary N) is 1. The Kier molecular flexibility index (Phi) is 4.43. The second-order valence-electron chi connectivity index (χ2n) is 7.99. The molecule has 0 spiro atoms. The van der Waals surface area contributed by atoms with Crippen LogP contribution in [0.1, 0.15) is 43.7 Å². The lowest BCUT2D eigenvalue weighted by molar-refractivity contribution is -0.117. The van der Waals surface area contributed by atoms with Crippen molar-refractivity contribution in [2.24, 2.45) is 17.8 Å². The fourth-order valence-electron chi connectivity index (χ4n) is 4.83. The summed E-state index contributed by atoms with van der Waals surface area (Å²) in [5.41, 5.74) is 1.85. The largest absolute Gasteiger partial charge is 0.463 e. The van der Waals surface area contributed by atoms with Crippen molar-refractivity contribution in [2.45, 2.75) is 45.6 Å². The van der Waals surface area contributed by atoms with Crippen LogP contribution in [-0.4, -0.2) is 11.9 Å². The van der Waals surface area contributed by atoms with Gasteiger partial charge >= 0.3 is 0 Å². The van der Waals surface area contributed by atoms with Crippen LogP contribution in [0.2, 0.25) is 0 Å². The zero-order chi connectivity index (χ0) is 18.3. The molecule has 26 heavy (non-hydrogen) atoms. The average molecular weight is 351 g/mol. The molecule has 1 heterocycles. The summed E-state index contributed by atoms with van der Waals surface area (Å²) in [5, 5.41) is 3.63. The normalized spacial score (nSPS) is 25.8. The lowest BCUT2D eigenvalue weighted by atomic mass is 9.84. The zero-order valence-electron chi connectivity index (χ0n) is 15.3. The van der Waals surface area contributed by atoms with Gasteiger partial charge in [0.2, 0.25) is 5.91 Å². The van der Waals surface area contributed by atoms with Crippen molar-refractivity contribution < 1.29 is 9.21 Å². The quantitative estimate of drug-likeness (QED) is 0.845. The number of carbonyl (C=O) groups excluding carboxylic acids is 1. The average Bonchev–Trinajstić information content (AvgIpc) is 3.25. The lowest BCUT2D eigenvalue weighted by Crippen LogP contribution is -2.39. The van der Waals surface area contributed by atoms with E-state index in [1.165, 1.54) is 38.0 Å². The van der Waals surface area contributed by atoms with Gasteiger partial charge in [0, 0.05) is 12.1 Å². The van der Waals surface area contributed by atoms with Crippen molar-refractivity contribution >= 4 is 23.0 Å². The summed E-state index contributed by atoms with van der Waals surface area (Å²) in [6.07, 6.45) is 9.65. The third-order valence-electron chi connectivity index (χ3n) is 6.17. The number of hydrogen-bond donors (Lipinski definition) is 1. The molecule has 1 aromatic heterocycles. The molecule has 1 amide bonds. The number of fused-ring (bicyclic) bond motifs is 3. The van der Waals surface area contributed by atoms with Gasteiger partial charge in [-0.05, 0) is 69.1 Å². The highest BCUT2D eigenvalue weighted by molar-refractivity contribution is 5.92. The first-order valence-electron chi connectivity index (χ1n) is 9.52. The maximum atomic E-state index is 12.6. The van der Waals surface area contributed by atoms with E-state index in [9.17, 15) is 9.59 Å². The van der Waals surface area contributed by atoms with Crippen molar-refractivity contribution in [1.29, 1.82) is 0 Å². The first-order chi connectivity index (χ1) is 12.5. The minimum Gasteiger partial charge on any atom is -0.463 e. The number of hydrogen-bond acceptors (Lipinski definition) is 3. The molecular weight excluding hydrogens is 326 g/mol. The van der Waals surface area contributed by atoms with Gasteiger partial charge in [-0.15, -0.1) is 0 Å². The summed E-state index contributed by atoms with van der Waals surface area (Å²) in [4.78, 5) is 24.9. The molecule has 0 saturated heterocycles. The van der Waals surface area contributed by atoms with Crippen molar-refractivity contribution in [1.82, 2.24) is 5.32 Å². The molecular formula is C22H25NO3. The number of carbonyl (C=O) groups is 1. The van der Waals surface area contributed by atoms with E-state index in [0.717, 1.165) is 17.4 Å². The Hall–Kier alpha value is -2.36. The minimum atomic E-state index is -0.149. The Labute approximate surface area is 153 Å². The monoisotopic (exact) mass is 351 g/mol. The van der Waals surface area contributed by atoms with Crippen molar-refractivity contribution in [2.75, 3.05) is 0 Å². The van der Waals surface area contributed by atoms with Crippen LogP contribution in [0, 0.1) is 24.7 Å². The Morgan fingerprint density at radius 3 is 2.88 bits per heavy atom. The minimum absolute atomic E-state index is 0.111. The molecule has 0 radical (unpaired) electrons. The van der Waals surface area contributed by atoms with Crippen LogP contribution in [0.4, 0.5) is 0 Å². The van der Waals surface area contributed by atoms with Gasteiger partial charge in [-0.25, -0.2) is 0 Å². The van der Waals surface area contributed by atoms with E-state index in [4.69, 9.17) is 4.42 Å². The van der Waals surface area contributed by atoms with Crippen molar-refractivity contribution in [3.8, 4) is 0 Å². The molecule has 2 aliphatic rings. The molecule has 1 N–H and O–H groups in total. The molecule has 136 valence electrons. The second-order valence-corrected chi connectivity index (χ2v) is 7.99. The van der Waals surface area contributed by atoms with Crippen molar-refractivity contribution in [3.63, 3.8) is 0 Å². The molecule has 4 heteroatoms. The predicted octanol–water partition coefficient (Wildman–Crippen LogP) is 4.06. The lowest BCUT2D eigenvalue weighted by Gasteiger charge is -2.28. The molecule has 2 fully saturated rings. The Morgan fingerprint density at radius 2 is 2.15 bits per heavy atom. The Bertz CT molecular complexity index is 927. The maximum absolute atomic E-state index is 12.6. The van der Waals surface area contributed by atoms with Crippen LogP contribution < -0.4 is 10.7 Å². The molecule has 4 unspecified atom stereocenters. The molecule has 2 aromatic rings. The molecule has 2 bridgehead atoms. The van der Waals surface area contributed by atoms with E-state index < -0.39 is 0 Å². The van der Waals surface area contributed by atoms with Crippen molar-refractivity contribution in [3.05, 3.63) is 51.9 Å². The van der Waals surface area contributed by atoms with Gasteiger partial charge in [-0.2, -0.15) is 0 Å². The Balaban J connectivity index is 1.46. The van der Waals surface area contributed by atoms with Crippen LogP contribution in [0.5, 0.6) is 0 Å². The van der Waals surface area contributed by atoms with Gasteiger partial charge in [-0.1, -0.05) is 18.1 Å². The number of aryl methyl sites for hydroxylation is 1. The van der Waals surface area contributed by atoms with Gasteiger partial charge in [-0.3, -0.25) is 9.59 Å². The van der Waals surface area contributed by atoms with Gasteiger partial charge in [0.05, 0.1) is 10.9 Å². The molecule has 4 nitrogen and oxygen atoms in total. The topological polar surface area (TPSA) is 59.3 Å². The Morgan fingerprint density at radius 1 is 1.31 bits per heavy atom. The molecule has 1 aromatic carbocycles. The summed E-state index contributed by atoms with van der Waals surface area (Å²) in [7, 11) is 0. The molecule has 4 atom stereocenters. The van der Waals surface area contributed by atoms with Crippen LogP contribution in [0.3, 0.4) is 0 Å². The summed E-state index contributed by atoms with van der Waals surface area (Å²) < 4.78 is 5.52. The summed E-state index contributed by atoms with van der Waals surface area (Å²) in [6.45, 7) is 4.04. The van der Waals surface area contributed by atoms with E-state index in [1.807, 2.05) is 19.1 Å². The molecule has 0 aliphatic heterocycles. The second kappa shape index (κ2) is 6.75. The SMILES string of the molecule is Cc1ccc2occ(/C=C/C(=O)NC(C)C3CC4CCC3C4)c(=O)c2c1. The van der Waals surface area contributed by atoms with E-state index in [-0.39, 0.29) is 17.4 Å². The fraction of sp³-hybridized carbons (Fsp3) is 0.455. The predicted molar refractivity (Wildman–Crippen MR) is 103 cm³/mol. The van der Waals surface area contributed by atoms with Gasteiger partial charge in [0.15, 0.2) is 5.43 Å². The first-order valence-corrected chi connectivity index (χ1v) is 9.52. The van der Waals surface area contributed by atoms with E-state index in [1.54, 1.807) is 12.1 Å². The molecule has 2 saturated carbocycles.